The maximum Gasteiger partial charge on any atom is 0.337 e. The van der Waals surface area contributed by atoms with Crippen LogP contribution < -0.4 is 5.32 Å². The summed E-state index contributed by atoms with van der Waals surface area (Å²) in [6.45, 7) is 0.200. The minimum atomic E-state index is -1.12. The SMILES string of the molecule is COCc1cc(C(=O)Nc2ccccc2C(=O)O)no1. The van der Waals surface area contributed by atoms with Gasteiger partial charge in [0.2, 0.25) is 0 Å². The highest BCUT2D eigenvalue weighted by atomic mass is 16.5. The molecule has 1 heterocycles. The number of nitrogens with zero attached hydrogens (tertiary/aromatic N) is 1. The van der Waals surface area contributed by atoms with Crippen LogP contribution in [0.5, 0.6) is 0 Å². The van der Waals surface area contributed by atoms with Crippen LogP contribution in [0.1, 0.15) is 26.6 Å². The Kier molecular flexibility index (Phi) is 4.11. The van der Waals surface area contributed by atoms with E-state index in [-0.39, 0.29) is 23.6 Å². The number of nitrogens with one attached hydrogen (secondary N) is 1. The highest BCUT2D eigenvalue weighted by molar-refractivity contribution is 6.06. The van der Waals surface area contributed by atoms with Gasteiger partial charge >= 0.3 is 5.97 Å². The molecule has 0 spiro atoms. The average Bonchev–Trinajstić information content (AvgIpc) is 2.88. The van der Waals surface area contributed by atoms with Crippen LogP contribution in [0.4, 0.5) is 5.69 Å². The number of hydrogen-bond acceptors (Lipinski definition) is 5. The van der Waals surface area contributed by atoms with Gasteiger partial charge in [0.25, 0.3) is 5.91 Å². The van der Waals surface area contributed by atoms with Gasteiger partial charge in [-0.1, -0.05) is 17.3 Å². The van der Waals surface area contributed by atoms with E-state index in [0.717, 1.165) is 0 Å². The third-order valence-corrected chi connectivity index (χ3v) is 2.48. The molecule has 1 aromatic heterocycles. The molecule has 0 unspecified atom stereocenters. The van der Waals surface area contributed by atoms with Crippen molar-refractivity contribution in [2.24, 2.45) is 0 Å². The Hall–Kier alpha value is -2.67. The Morgan fingerprint density at radius 1 is 1.40 bits per heavy atom. The van der Waals surface area contributed by atoms with Crippen molar-refractivity contribution in [3.8, 4) is 0 Å². The normalized spacial score (nSPS) is 10.2. The summed E-state index contributed by atoms with van der Waals surface area (Å²) in [6, 6.07) is 7.53. The van der Waals surface area contributed by atoms with Gasteiger partial charge in [0.15, 0.2) is 11.5 Å². The Morgan fingerprint density at radius 2 is 2.15 bits per heavy atom. The number of carboxylic acids is 1. The first kappa shape index (κ1) is 13.8. The average molecular weight is 276 g/mol. The molecule has 2 aromatic rings. The molecule has 2 rings (SSSR count). The van der Waals surface area contributed by atoms with E-state index in [9.17, 15) is 9.59 Å². The first-order valence-corrected chi connectivity index (χ1v) is 5.70. The number of amides is 1. The smallest absolute Gasteiger partial charge is 0.337 e. The van der Waals surface area contributed by atoms with Crippen molar-refractivity contribution in [1.82, 2.24) is 5.16 Å². The number of benzene rings is 1. The molecule has 1 aromatic carbocycles. The van der Waals surface area contributed by atoms with E-state index in [4.69, 9.17) is 14.4 Å². The van der Waals surface area contributed by atoms with E-state index in [0.29, 0.717) is 5.76 Å². The van der Waals surface area contributed by atoms with Gasteiger partial charge in [0.05, 0.1) is 11.3 Å². The highest BCUT2D eigenvalue weighted by Gasteiger charge is 2.16. The lowest BCUT2D eigenvalue weighted by Crippen LogP contribution is -2.15. The second-order valence-electron chi connectivity index (χ2n) is 3.92. The Balaban J connectivity index is 2.17. The van der Waals surface area contributed by atoms with Crippen LogP contribution in [0, 0.1) is 0 Å². The number of anilines is 1. The van der Waals surface area contributed by atoms with Crippen LogP contribution in [0.15, 0.2) is 34.9 Å². The lowest BCUT2D eigenvalue weighted by atomic mass is 10.2. The number of ether oxygens (including phenoxy) is 1. The molecule has 0 atom stereocenters. The summed E-state index contributed by atoms with van der Waals surface area (Å²) in [4.78, 5) is 23.0. The van der Waals surface area contributed by atoms with Crippen molar-refractivity contribution >= 4 is 17.6 Å². The second-order valence-corrected chi connectivity index (χ2v) is 3.92. The molecule has 0 bridgehead atoms. The Labute approximate surface area is 114 Å². The first-order valence-electron chi connectivity index (χ1n) is 5.70. The summed E-state index contributed by atoms with van der Waals surface area (Å²) < 4.78 is 9.74. The monoisotopic (exact) mass is 276 g/mol. The third kappa shape index (κ3) is 3.01. The number of carboxylic acid groups (broad SMARTS) is 1. The molecule has 0 saturated heterocycles. The van der Waals surface area contributed by atoms with E-state index in [1.54, 1.807) is 12.1 Å². The molecule has 20 heavy (non-hydrogen) atoms. The largest absolute Gasteiger partial charge is 0.478 e. The number of hydrogen-bond donors (Lipinski definition) is 2. The number of carbonyl (C=O) groups excluding carboxylic acids is 1. The zero-order valence-electron chi connectivity index (χ0n) is 10.6. The van der Waals surface area contributed by atoms with Gasteiger partial charge in [-0.05, 0) is 12.1 Å². The third-order valence-electron chi connectivity index (χ3n) is 2.48. The van der Waals surface area contributed by atoms with Crippen LogP contribution in [0.25, 0.3) is 0 Å². The molecule has 7 heteroatoms. The number of aromatic nitrogens is 1. The van der Waals surface area contributed by atoms with Crippen molar-refractivity contribution in [2.45, 2.75) is 6.61 Å². The Morgan fingerprint density at radius 3 is 2.85 bits per heavy atom. The number of rotatable bonds is 5. The highest BCUT2D eigenvalue weighted by Crippen LogP contribution is 2.16. The van der Waals surface area contributed by atoms with E-state index < -0.39 is 11.9 Å². The van der Waals surface area contributed by atoms with Gasteiger partial charge in [-0.15, -0.1) is 0 Å². The quantitative estimate of drug-likeness (QED) is 0.862. The van der Waals surface area contributed by atoms with Crippen LogP contribution in [-0.2, 0) is 11.3 Å². The molecule has 7 nitrogen and oxygen atoms in total. The Bertz CT molecular complexity index is 635. The maximum atomic E-state index is 11.9. The minimum Gasteiger partial charge on any atom is -0.478 e. The van der Waals surface area contributed by atoms with Gasteiger partial charge in [-0.3, -0.25) is 4.79 Å². The zero-order valence-corrected chi connectivity index (χ0v) is 10.6. The summed E-state index contributed by atoms with van der Waals surface area (Å²) in [7, 11) is 1.49. The van der Waals surface area contributed by atoms with E-state index in [1.807, 2.05) is 0 Å². The predicted molar refractivity (Wildman–Crippen MR) is 68.6 cm³/mol. The van der Waals surface area contributed by atoms with E-state index in [2.05, 4.69) is 10.5 Å². The number of aromatic carboxylic acids is 1. The predicted octanol–water partition coefficient (Wildman–Crippen LogP) is 1.77. The molecule has 1 amide bonds. The molecule has 0 saturated carbocycles. The van der Waals surface area contributed by atoms with Gasteiger partial charge in [-0.25, -0.2) is 4.79 Å². The molecule has 0 aliphatic carbocycles. The fourth-order valence-electron chi connectivity index (χ4n) is 1.60. The topological polar surface area (TPSA) is 102 Å². The van der Waals surface area contributed by atoms with Gasteiger partial charge in [-0.2, -0.15) is 0 Å². The molecule has 0 aliphatic heterocycles. The lowest BCUT2D eigenvalue weighted by molar-refractivity contribution is 0.0698. The molecular formula is C13H12N2O5. The molecule has 0 fully saturated rings. The van der Waals surface area contributed by atoms with Gasteiger partial charge in [0.1, 0.15) is 6.61 Å². The van der Waals surface area contributed by atoms with Gasteiger partial charge in [0, 0.05) is 13.2 Å². The number of methoxy groups -OCH3 is 1. The molecule has 0 aliphatic rings. The van der Waals surface area contributed by atoms with E-state index in [1.165, 1.54) is 25.3 Å². The number of para-hydroxylation sites is 1. The van der Waals surface area contributed by atoms with Crippen molar-refractivity contribution in [3.63, 3.8) is 0 Å². The van der Waals surface area contributed by atoms with Crippen molar-refractivity contribution in [1.29, 1.82) is 0 Å². The zero-order chi connectivity index (χ0) is 14.5. The fraction of sp³-hybridized carbons (Fsp3) is 0.154. The molecular weight excluding hydrogens is 264 g/mol. The van der Waals surface area contributed by atoms with Crippen LogP contribution in [0.2, 0.25) is 0 Å². The molecule has 2 N–H and O–H groups in total. The van der Waals surface area contributed by atoms with Crippen LogP contribution in [-0.4, -0.2) is 29.2 Å². The second kappa shape index (κ2) is 5.98. The van der Waals surface area contributed by atoms with E-state index >= 15 is 0 Å². The summed E-state index contributed by atoms with van der Waals surface area (Å²) in [5.74, 6) is -1.27. The summed E-state index contributed by atoms with van der Waals surface area (Å²) in [5.41, 5.74) is 0.250. The van der Waals surface area contributed by atoms with Crippen LogP contribution >= 0.6 is 0 Å². The fourth-order valence-corrected chi connectivity index (χ4v) is 1.60. The number of carbonyl (C=O) groups is 2. The summed E-state index contributed by atoms with van der Waals surface area (Å²) in [5, 5.41) is 15.1. The molecule has 104 valence electrons. The first-order chi connectivity index (χ1) is 9.61. The van der Waals surface area contributed by atoms with Crippen molar-refractivity contribution < 1.29 is 24.0 Å². The lowest BCUT2D eigenvalue weighted by Gasteiger charge is -2.06. The van der Waals surface area contributed by atoms with Gasteiger partial charge < -0.3 is 19.7 Å². The summed E-state index contributed by atoms with van der Waals surface area (Å²) in [6.07, 6.45) is 0. The van der Waals surface area contributed by atoms with Crippen LogP contribution in [0.3, 0.4) is 0 Å². The maximum absolute atomic E-state index is 11.9. The minimum absolute atomic E-state index is 0.00135. The van der Waals surface area contributed by atoms with Crippen molar-refractivity contribution in [2.75, 3.05) is 12.4 Å². The summed E-state index contributed by atoms with van der Waals surface area (Å²) >= 11 is 0. The standard InChI is InChI=1S/C13H12N2O5/c1-19-7-8-6-11(15-20-8)12(16)14-10-5-3-2-4-9(10)13(17)18/h2-6H,7H2,1H3,(H,14,16)(H,17,18). The van der Waals surface area contributed by atoms with Crippen molar-refractivity contribution in [3.05, 3.63) is 47.3 Å². The molecule has 0 radical (unpaired) electrons.